The lowest BCUT2D eigenvalue weighted by molar-refractivity contribution is -0.143. The number of rotatable bonds is 4. The van der Waals surface area contributed by atoms with E-state index in [2.05, 4.69) is 4.98 Å². The van der Waals surface area contributed by atoms with Crippen LogP contribution in [0.25, 0.3) is 0 Å². The average Bonchev–Trinajstić information content (AvgIpc) is 2.94. The minimum atomic E-state index is -0.860. The van der Waals surface area contributed by atoms with E-state index in [1.165, 1.54) is 0 Å². The van der Waals surface area contributed by atoms with Crippen molar-refractivity contribution in [2.75, 3.05) is 13.1 Å². The number of hydrogen-bond acceptors (Lipinski definition) is 4. The molecule has 2 atom stereocenters. The summed E-state index contributed by atoms with van der Waals surface area (Å²) in [5.74, 6) is -1.54. The Kier molecular flexibility index (Phi) is 5.70. The van der Waals surface area contributed by atoms with Gasteiger partial charge >= 0.3 is 12.1 Å². The first kappa shape index (κ1) is 18.5. The number of halogens is 1. The van der Waals surface area contributed by atoms with Crippen molar-refractivity contribution >= 4 is 23.7 Å². The Morgan fingerprint density at radius 1 is 1.46 bits per heavy atom. The number of nitrogens with zero attached hydrogens (tertiary/aromatic N) is 2. The predicted molar refractivity (Wildman–Crippen MR) is 90.0 cm³/mol. The number of amides is 1. The second-order valence-corrected chi connectivity index (χ2v) is 7.50. The molecule has 0 bridgehead atoms. The van der Waals surface area contributed by atoms with Crippen molar-refractivity contribution in [3.8, 4) is 0 Å². The van der Waals surface area contributed by atoms with E-state index in [0.717, 1.165) is 5.56 Å². The van der Waals surface area contributed by atoms with E-state index in [-0.39, 0.29) is 12.0 Å². The molecule has 132 valence electrons. The molecule has 0 spiro atoms. The van der Waals surface area contributed by atoms with Gasteiger partial charge in [-0.3, -0.25) is 4.79 Å². The van der Waals surface area contributed by atoms with E-state index in [4.69, 9.17) is 16.3 Å². The summed E-state index contributed by atoms with van der Waals surface area (Å²) < 4.78 is 5.36. The van der Waals surface area contributed by atoms with Crippen molar-refractivity contribution < 1.29 is 19.4 Å². The van der Waals surface area contributed by atoms with Crippen LogP contribution >= 0.6 is 11.6 Å². The van der Waals surface area contributed by atoms with Gasteiger partial charge in [-0.25, -0.2) is 9.78 Å². The van der Waals surface area contributed by atoms with E-state index in [1.54, 1.807) is 23.2 Å². The Morgan fingerprint density at radius 2 is 2.17 bits per heavy atom. The number of aliphatic carboxylic acids is 1. The van der Waals surface area contributed by atoms with Crippen LogP contribution in [0.4, 0.5) is 4.79 Å². The molecule has 1 saturated heterocycles. The van der Waals surface area contributed by atoms with Crippen LogP contribution in [0.2, 0.25) is 5.15 Å². The molecule has 7 heteroatoms. The van der Waals surface area contributed by atoms with Crippen LogP contribution in [0.15, 0.2) is 18.3 Å². The molecule has 24 heavy (non-hydrogen) atoms. The highest BCUT2D eigenvalue weighted by Crippen LogP contribution is 2.28. The van der Waals surface area contributed by atoms with Gasteiger partial charge in [0, 0.05) is 19.3 Å². The summed E-state index contributed by atoms with van der Waals surface area (Å²) in [6.45, 7) is 6.35. The summed E-state index contributed by atoms with van der Waals surface area (Å²) in [6, 6.07) is 3.43. The first-order valence-corrected chi connectivity index (χ1v) is 8.34. The number of likely N-dealkylation sites (tertiary alicyclic amines) is 1. The molecule has 2 rings (SSSR count). The Balaban J connectivity index is 2.01. The topological polar surface area (TPSA) is 79.7 Å². The van der Waals surface area contributed by atoms with Crippen molar-refractivity contribution in [1.82, 2.24) is 9.88 Å². The predicted octanol–water partition coefficient (Wildman–Crippen LogP) is 3.24. The van der Waals surface area contributed by atoms with Gasteiger partial charge in [-0.15, -0.1) is 0 Å². The summed E-state index contributed by atoms with van der Waals surface area (Å²) >= 11 is 5.76. The van der Waals surface area contributed by atoms with E-state index in [9.17, 15) is 14.7 Å². The van der Waals surface area contributed by atoms with Crippen molar-refractivity contribution in [1.29, 1.82) is 0 Å². The van der Waals surface area contributed by atoms with Gasteiger partial charge in [0.15, 0.2) is 0 Å². The zero-order chi connectivity index (χ0) is 17.9. The normalized spacial score (nSPS) is 19.2. The first-order chi connectivity index (χ1) is 11.2. The lowest BCUT2D eigenvalue weighted by Gasteiger charge is -2.25. The van der Waals surface area contributed by atoms with Gasteiger partial charge in [0.25, 0.3) is 0 Å². The number of hydrogen-bond donors (Lipinski definition) is 1. The molecule has 1 amide bonds. The summed E-state index contributed by atoms with van der Waals surface area (Å²) in [5.41, 5.74) is 0.263. The molecule has 1 aromatic heterocycles. The van der Waals surface area contributed by atoms with Gasteiger partial charge in [0.05, 0.1) is 5.92 Å². The van der Waals surface area contributed by atoms with Gasteiger partial charge in [-0.1, -0.05) is 17.7 Å². The third-order valence-corrected chi connectivity index (χ3v) is 4.23. The van der Waals surface area contributed by atoms with Crippen molar-refractivity contribution in [3.05, 3.63) is 29.0 Å². The summed E-state index contributed by atoms with van der Waals surface area (Å²) in [4.78, 5) is 29.4. The van der Waals surface area contributed by atoms with Crippen LogP contribution in [0.3, 0.4) is 0 Å². The molecule has 0 aliphatic carbocycles. The van der Waals surface area contributed by atoms with Crippen LogP contribution in [-0.2, 0) is 16.0 Å². The van der Waals surface area contributed by atoms with E-state index >= 15 is 0 Å². The molecule has 1 aliphatic rings. The molecule has 1 aliphatic heterocycles. The molecule has 1 unspecified atom stereocenters. The molecule has 1 N–H and O–H groups in total. The maximum Gasteiger partial charge on any atom is 0.410 e. The Labute approximate surface area is 146 Å². The van der Waals surface area contributed by atoms with Crippen molar-refractivity contribution in [3.63, 3.8) is 0 Å². The SMILES string of the molecule is CC(C)(C)OC(=O)N1CC[C@H](C(Cc2ccc(Cl)nc2)C(=O)O)C1. The number of carboxylic acid groups (broad SMARTS) is 1. The monoisotopic (exact) mass is 354 g/mol. The second-order valence-electron chi connectivity index (χ2n) is 7.11. The molecule has 0 aromatic carbocycles. The molecular formula is C17H23ClN2O4. The fourth-order valence-corrected chi connectivity index (χ4v) is 2.96. The Morgan fingerprint density at radius 3 is 2.71 bits per heavy atom. The third kappa shape index (κ3) is 5.09. The van der Waals surface area contributed by atoms with E-state index in [1.807, 2.05) is 20.8 Å². The highest BCUT2D eigenvalue weighted by molar-refractivity contribution is 6.29. The number of aromatic nitrogens is 1. The van der Waals surface area contributed by atoms with Crippen LogP contribution in [0.1, 0.15) is 32.8 Å². The van der Waals surface area contributed by atoms with Crippen LogP contribution in [0.5, 0.6) is 0 Å². The molecule has 6 nitrogen and oxygen atoms in total. The number of carbonyl (C=O) groups excluding carboxylic acids is 1. The Bertz CT molecular complexity index is 598. The average molecular weight is 355 g/mol. The molecule has 0 saturated carbocycles. The summed E-state index contributed by atoms with van der Waals surface area (Å²) in [7, 11) is 0. The quantitative estimate of drug-likeness (QED) is 0.839. The lowest BCUT2D eigenvalue weighted by Crippen LogP contribution is -2.36. The van der Waals surface area contributed by atoms with Crippen LogP contribution in [-0.4, -0.2) is 45.7 Å². The Hall–Kier alpha value is -1.82. The lowest BCUT2D eigenvalue weighted by atomic mass is 9.86. The van der Waals surface area contributed by atoms with Gasteiger partial charge in [0.2, 0.25) is 0 Å². The van der Waals surface area contributed by atoms with E-state index < -0.39 is 17.5 Å². The van der Waals surface area contributed by atoms with Gasteiger partial charge in [-0.2, -0.15) is 0 Å². The summed E-state index contributed by atoms with van der Waals surface area (Å²) in [6.07, 6.45) is 2.23. The van der Waals surface area contributed by atoms with Crippen molar-refractivity contribution in [2.24, 2.45) is 11.8 Å². The maximum atomic E-state index is 12.1. The minimum absolute atomic E-state index is 0.106. The smallest absolute Gasteiger partial charge is 0.410 e. The highest BCUT2D eigenvalue weighted by Gasteiger charge is 2.37. The zero-order valence-corrected chi connectivity index (χ0v) is 14.9. The largest absolute Gasteiger partial charge is 0.481 e. The van der Waals surface area contributed by atoms with Gasteiger partial charge in [0.1, 0.15) is 10.8 Å². The highest BCUT2D eigenvalue weighted by atomic mass is 35.5. The maximum absolute atomic E-state index is 12.1. The van der Waals surface area contributed by atoms with E-state index in [0.29, 0.717) is 31.1 Å². The third-order valence-electron chi connectivity index (χ3n) is 4.01. The number of carboxylic acids is 1. The minimum Gasteiger partial charge on any atom is -0.481 e. The molecular weight excluding hydrogens is 332 g/mol. The fraction of sp³-hybridized carbons (Fsp3) is 0.588. The van der Waals surface area contributed by atoms with Gasteiger partial charge in [-0.05, 0) is 51.2 Å². The van der Waals surface area contributed by atoms with Gasteiger partial charge < -0.3 is 14.7 Å². The molecule has 2 heterocycles. The number of carbonyl (C=O) groups is 2. The second kappa shape index (κ2) is 7.38. The number of pyridine rings is 1. The zero-order valence-electron chi connectivity index (χ0n) is 14.2. The molecule has 0 radical (unpaired) electrons. The first-order valence-electron chi connectivity index (χ1n) is 7.97. The summed E-state index contributed by atoms with van der Waals surface area (Å²) in [5, 5.41) is 9.96. The molecule has 1 aromatic rings. The fourth-order valence-electron chi connectivity index (χ4n) is 2.84. The van der Waals surface area contributed by atoms with Crippen LogP contribution < -0.4 is 0 Å². The standard InChI is InChI=1S/C17H23ClN2O4/c1-17(2,3)24-16(23)20-7-6-12(10-20)13(15(21)22)8-11-4-5-14(18)19-9-11/h4-5,9,12-13H,6-8,10H2,1-3H3,(H,21,22)/t12-,13?/m0/s1. The van der Waals surface area contributed by atoms with Crippen molar-refractivity contribution in [2.45, 2.75) is 39.2 Å². The molecule has 1 fully saturated rings. The van der Waals surface area contributed by atoms with Crippen LogP contribution in [0, 0.1) is 11.8 Å². The number of ether oxygens (including phenoxy) is 1.